The van der Waals surface area contributed by atoms with Gasteiger partial charge in [-0.15, -0.1) is 0 Å². The molecule has 2 aromatic heterocycles. The molecule has 0 saturated carbocycles. The molecule has 0 spiro atoms. The number of benzene rings is 1. The first-order valence-corrected chi connectivity index (χ1v) is 11.9. The third-order valence-electron chi connectivity index (χ3n) is 5.08. The molecule has 0 aliphatic heterocycles. The van der Waals surface area contributed by atoms with Crippen molar-refractivity contribution in [2.24, 2.45) is 5.92 Å². The Morgan fingerprint density at radius 2 is 1.94 bits per heavy atom. The summed E-state index contributed by atoms with van der Waals surface area (Å²) in [4.78, 5) is 23.9. The number of hydrogen-bond donors (Lipinski definition) is 3. The third-order valence-corrected chi connectivity index (χ3v) is 6.27. The fourth-order valence-corrected chi connectivity index (χ4v) is 3.92. The summed E-state index contributed by atoms with van der Waals surface area (Å²) in [5, 5.41) is 6.89. The highest BCUT2D eigenvalue weighted by atomic mass is 32.2. The van der Waals surface area contributed by atoms with Crippen LogP contribution in [0, 0.1) is 5.92 Å². The van der Waals surface area contributed by atoms with Crippen LogP contribution in [0.2, 0.25) is 0 Å². The summed E-state index contributed by atoms with van der Waals surface area (Å²) < 4.78 is 25.6. The number of rotatable bonds is 8. The molecular formula is C21H28N6O3S. The molecule has 3 aromatic rings. The number of nitrogens with one attached hydrogen (secondary N) is 3. The molecule has 31 heavy (non-hydrogen) atoms. The van der Waals surface area contributed by atoms with Crippen LogP contribution in [0.4, 0.5) is 11.5 Å². The Kier molecular flexibility index (Phi) is 6.49. The minimum absolute atomic E-state index is 0.112. The second-order valence-electron chi connectivity index (χ2n) is 7.68. The van der Waals surface area contributed by atoms with E-state index >= 15 is 0 Å². The largest absolute Gasteiger partial charge is 0.362 e. The lowest BCUT2D eigenvalue weighted by atomic mass is 9.94. The summed E-state index contributed by atoms with van der Waals surface area (Å²) >= 11 is 0. The van der Waals surface area contributed by atoms with E-state index in [1.54, 1.807) is 19.2 Å². The topological polar surface area (TPSA) is 120 Å². The van der Waals surface area contributed by atoms with E-state index in [0.717, 1.165) is 5.56 Å². The molecular weight excluding hydrogens is 416 g/mol. The summed E-state index contributed by atoms with van der Waals surface area (Å²) in [6.45, 7) is 6.46. The number of sulfonamides is 1. The predicted molar refractivity (Wildman–Crippen MR) is 123 cm³/mol. The maximum atomic E-state index is 12.2. The van der Waals surface area contributed by atoms with Crippen molar-refractivity contribution in [3.63, 3.8) is 0 Å². The fourth-order valence-electron chi connectivity index (χ4n) is 3.40. The van der Waals surface area contributed by atoms with E-state index in [1.807, 2.05) is 39.0 Å². The third kappa shape index (κ3) is 4.79. The molecule has 0 saturated heterocycles. The standard InChI is InChI=1S/C21H28N6O3S/c1-6-22-21(28)16-11-15-19(25-16)23-12-24-20(15)26-18(13(2)3)14-9-7-8-10-17(14)27(4)31(5,29)30/h7-13,18H,6H2,1-5H3,(H,22,28)(H2,23,24,25,26)/t18-/m0/s1. The summed E-state index contributed by atoms with van der Waals surface area (Å²) in [6.07, 6.45) is 2.60. The van der Waals surface area contributed by atoms with Crippen molar-refractivity contribution < 1.29 is 13.2 Å². The molecule has 0 bridgehead atoms. The van der Waals surface area contributed by atoms with Crippen molar-refractivity contribution in [2.75, 3.05) is 29.5 Å². The van der Waals surface area contributed by atoms with Gasteiger partial charge in [0.1, 0.15) is 23.5 Å². The van der Waals surface area contributed by atoms with Gasteiger partial charge in [0, 0.05) is 13.6 Å². The highest BCUT2D eigenvalue weighted by molar-refractivity contribution is 7.92. The Labute approximate surface area is 182 Å². The maximum Gasteiger partial charge on any atom is 0.267 e. The van der Waals surface area contributed by atoms with Gasteiger partial charge in [-0.1, -0.05) is 32.0 Å². The van der Waals surface area contributed by atoms with Gasteiger partial charge in [0.2, 0.25) is 10.0 Å². The van der Waals surface area contributed by atoms with Gasteiger partial charge in [-0.3, -0.25) is 9.10 Å². The predicted octanol–water partition coefficient (Wildman–Crippen LogP) is 2.91. The molecule has 0 unspecified atom stereocenters. The number of para-hydroxylation sites is 1. The van der Waals surface area contributed by atoms with Crippen molar-refractivity contribution >= 4 is 38.5 Å². The van der Waals surface area contributed by atoms with E-state index in [9.17, 15) is 13.2 Å². The SMILES string of the molecule is CCNC(=O)c1cc2c(N[C@H](c3ccccc3N(C)S(C)(=O)=O)C(C)C)ncnc2[nH]1. The summed E-state index contributed by atoms with van der Waals surface area (Å²) in [5.41, 5.74) is 2.37. The Balaban J connectivity index is 2.04. The molecule has 0 radical (unpaired) electrons. The van der Waals surface area contributed by atoms with Gasteiger partial charge in [0.05, 0.1) is 23.4 Å². The number of anilines is 2. The van der Waals surface area contributed by atoms with Crippen LogP contribution in [-0.4, -0.2) is 49.1 Å². The highest BCUT2D eigenvalue weighted by Crippen LogP contribution is 2.35. The monoisotopic (exact) mass is 444 g/mol. The van der Waals surface area contributed by atoms with E-state index in [2.05, 4.69) is 25.6 Å². The lowest BCUT2D eigenvalue weighted by Crippen LogP contribution is -2.28. The zero-order valence-corrected chi connectivity index (χ0v) is 19.1. The summed E-state index contributed by atoms with van der Waals surface area (Å²) in [7, 11) is -1.89. The Morgan fingerprint density at radius 3 is 2.58 bits per heavy atom. The van der Waals surface area contributed by atoms with E-state index in [0.29, 0.717) is 34.8 Å². The number of H-pyrrole nitrogens is 1. The van der Waals surface area contributed by atoms with E-state index < -0.39 is 10.0 Å². The number of aromatic amines is 1. The minimum Gasteiger partial charge on any atom is -0.362 e. The number of hydrogen-bond acceptors (Lipinski definition) is 6. The molecule has 2 heterocycles. The van der Waals surface area contributed by atoms with Gasteiger partial charge >= 0.3 is 0 Å². The average molecular weight is 445 g/mol. The molecule has 0 aliphatic carbocycles. The van der Waals surface area contributed by atoms with Crippen molar-refractivity contribution in [1.29, 1.82) is 0 Å². The van der Waals surface area contributed by atoms with E-state index in [4.69, 9.17) is 0 Å². The maximum absolute atomic E-state index is 12.2. The van der Waals surface area contributed by atoms with E-state index in [-0.39, 0.29) is 17.9 Å². The normalized spacial score (nSPS) is 12.7. The molecule has 1 aromatic carbocycles. The fraction of sp³-hybridized carbons (Fsp3) is 0.381. The van der Waals surface area contributed by atoms with Crippen molar-refractivity contribution in [3.05, 3.63) is 47.9 Å². The van der Waals surface area contributed by atoms with Gasteiger partial charge in [-0.2, -0.15) is 0 Å². The van der Waals surface area contributed by atoms with Crippen molar-refractivity contribution in [1.82, 2.24) is 20.3 Å². The Morgan fingerprint density at radius 1 is 1.23 bits per heavy atom. The number of fused-ring (bicyclic) bond motifs is 1. The number of nitrogens with zero attached hydrogens (tertiary/aromatic N) is 3. The first-order valence-electron chi connectivity index (χ1n) is 10.0. The molecule has 0 aliphatic rings. The zero-order chi connectivity index (χ0) is 22.8. The van der Waals surface area contributed by atoms with E-state index in [1.165, 1.54) is 16.9 Å². The second-order valence-corrected chi connectivity index (χ2v) is 9.70. The van der Waals surface area contributed by atoms with Crippen LogP contribution in [0.25, 0.3) is 11.0 Å². The van der Waals surface area contributed by atoms with Gasteiger partial charge < -0.3 is 15.6 Å². The molecule has 166 valence electrons. The van der Waals surface area contributed by atoms with Gasteiger partial charge in [0.25, 0.3) is 5.91 Å². The zero-order valence-electron chi connectivity index (χ0n) is 18.3. The summed E-state index contributed by atoms with van der Waals surface area (Å²) in [6, 6.07) is 8.86. The second kappa shape index (κ2) is 8.93. The van der Waals surface area contributed by atoms with Gasteiger partial charge in [-0.05, 0) is 30.5 Å². The lowest BCUT2D eigenvalue weighted by molar-refractivity contribution is 0.0951. The summed E-state index contributed by atoms with van der Waals surface area (Å²) in [5.74, 6) is 0.459. The van der Waals surface area contributed by atoms with Crippen LogP contribution in [-0.2, 0) is 10.0 Å². The minimum atomic E-state index is -3.43. The smallest absolute Gasteiger partial charge is 0.267 e. The molecule has 9 nitrogen and oxygen atoms in total. The van der Waals surface area contributed by atoms with Crippen LogP contribution in [0.1, 0.15) is 42.9 Å². The van der Waals surface area contributed by atoms with Gasteiger partial charge in [-0.25, -0.2) is 18.4 Å². The molecule has 3 rings (SSSR count). The Hall–Kier alpha value is -3.14. The lowest BCUT2D eigenvalue weighted by Gasteiger charge is -2.28. The number of carbonyl (C=O) groups excluding carboxylic acids is 1. The average Bonchev–Trinajstić information content (AvgIpc) is 3.16. The first-order chi connectivity index (χ1) is 14.6. The van der Waals surface area contributed by atoms with Crippen LogP contribution < -0.4 is 14.9 Å². The quantitative estimate of drug-likeness (QED) is 0.491. The molecule has 1 amide bonds. The van der Waals surface area contributed by atoms with Gasteiger partial charge in [0.15, 0.2) is 0 Å². The molecule has 10 heteroatoms. The van der Waals surface area contributed by atoms with Crippen LogP contribution >= 0.6 is 0 Å². The van der Waals surface area contributed by atoms with Crippen LogP contribution in [0.3, 0.4) is 0 Å². The first kappa shape index (κ1) is 22.5. The number of amides is 1. The Bertz CT molecular complexity index is 1190. The van der Waals surface area contributed by atoms with Crippen molar-refractivity contribution in [2.45, 2.75) is 26.8 Å². The molecule has 0 fully saturated rings. The van der Waals surface area contributed by atoms with Crippen LogP contribution in [0.15, 0.2) is 36.7 Å². The van der Waals surface area contributed by atoms with Crippen LogP contribution in [0.5, 0.6) is 0 Å². The highest BCUT2D eigenvalue weighted by Gasteiger charge is 2.25. The molecule has 3 N–H and O–H groups in total. The van der Waals surface area contributed by atoms with Crippen molar-refractivity contribution in [3.8, 4) is 0 Å². The molecule has 1 atom stereocenters. The number of aromatic nitrogens is 3. The number of carbonyl (C=O) groups is 1.